The average molecular weight is 446 g/mol. The van der Waals surface area contributed by atoms with Crippen LogP contribution >= 0.6 is 11.5 Å². The van der Waals surface area contributed by atoms with Gasteiger partial charge in [-0.1, -0.05) is 19.3 Å². The van der Waals surface area contributed by atoms with E-state index in [0.717, 1.165) is 37.2 Å². The van der Waals surface area contributed by atoms with Gasteiger partial charge in [0.25, 0.3) is 11.8 Å². The second-order valence-electron chi connectivity index (χ2n) is 7.36. The summed E-state index contributed by atoms with van der Waals surface area (Å²) in [6.07, 6.45) is 5.22. The first-order valence-electron chi connectivity index (χ1n) is 10.3. The predicted molar refractivity (Wildman–Crippen MR) is 119 cm³/mol. The SMILES string of the molecule is CCOc1ccc(N(CC(=O)NC2CCCCC2)C(=O)c2snc(C(N)=O)c2N)cc1. The van der Waals surface area contributed by atoms with Crippen LogP contribution in [0.3, 0.4) is 0 Å². The van der Waals surface area contributed by atoms with Gasteiger partial charge in [0.1, 0.15) is 17.2 Å². The molecule has 0 bridgehead atoms. The molecule has 1 fully saturated rings. The Labute approximate surface area is 184 Å². The van der Waals surface area contributed by atoms with E-state index >= 15 is 0 Å². The van der Waals surface area contributed by atoms with Gasteiger partial charge in [-0.25, -0.2) is 0 Å². The number of carbonyl (C=O) groups excluding carboxylic acids is 3. The molecule has 9 nitrogen and oxygen atoms in total. The fraction of sp³-hybridized carbons (Fsp3) is 0.429. The molecular weight excluding hydrogens is 418 g/mol. The summed E-state index contributed by atoms with van der Waals surface area (Å²) in [4.78, 5) is 38.9. The maximum atomic E-state index is 13.3. The Bertz CT molecular complexity index is 938. The molecule has 1 saturated carbocycles. The van der Waals surface area contributed by atoms with Crippen LogP contribution in [-0.4, -0.2) is 41.3 Å². The molecule has 1 aromatic heterocycles. The van der Waals surface area contributed by atoms with E-state index in [1.807, 2.05) is 6.92 Å². The van der Waals surface area contributed by atoms with Crippen LogP contribution < -0.4 is 26.4 Å². The van der Waals surface area contributed by atoms with Gasteiger partial charge in [0.15, 0.2) is 5.69 Å². The van der Waals surface area contributed by atoms with Gasteiger partial charge in [0, 0.05) is 11.7 Å². The third-order valence-electron chi connectivity index (χ3n) is 5.13. The molecule has 0 unspecified atom stereocenters. The van der Waals surface area contributed by atoms with E-state index in [4.69, 9.17) is 16.2 Å². The maximum Gasteiger partial charge on any atom is 0.272 e. The van der Waals surface area contributed by atoms with Crippen LogP contribution in [0.15, 0.2) is 24.3 Å². The van der Waals surface area contributed by atoms with Crippen molar-refractivity contribution in [3.8, 4) is 5.75 Å². The Kier molecular flexibility index (Phi) is 7.45. The lowest BCUT2D eigenvalue weighted by Gasteiger charge is -2.26. The van der Waals surface area contributed by atoms with Crippen LogP contribution in [-0.2, 0) is 4.79 Å². The Balaban J connectivity index is 1.85. The van der Waals surface area contributed by atoms with Crippen LogP contribution in [0.1, 0.15) is 59.2 Å². The average Bonchev–Trinajstić information content (AvgIpc) is 3.15. The van der Waals surface area contributed by atoms with Crippen LogP contribution in [0.25, 0.3) is 0 Å². The molecule has 0 atom stereocenters. The minimum atomic E-state index is -0.810. The first kappa shape index (κ1) is 22.5. The maximum absolute atomic E-state index is 13.3. The molecule has 0 saturated heterocycles. The minimum Gasteiger partial charge on any atom is -0.494 e. The number of hydrogen-bond donors (Lipinski definition) is 3. The third kappa shape index (κ3) is 5.52. The smallest absolute Gasteiger partial charge is 0.272 e. The molecule has 0 aliphatic heterocycles. The molecule has 0 spiro atoms. The molecule has 31 heavy (non-hydrogen) atoms. The number of primary amides is 1. The number of benzene rings is 1. The quantitative estimate of drug-likeness (QED) is 0.569. The normalized spacial score (nSPS) is 14.1. The van der Waals surface area contributed by atoms with Crippen molar-refractivity contribution < 1.29 is 19.1 Å². The highest BCUT2D eigenvalue weighted by molar-refractivity contribution is 7.09. The van der Waals surface area contributed by atoms with Crippen LogP contribution in [0.5, 0.6) is 5.75 Å². The van der Waals surface area contributed by atoms with E-state index in [2.05, 4.69) is 9.69 Å². The number of nitrogens with zero attached hydrogens (tertiary/aromatic N) is 2. The second-order valence-corrected chi connectivity index (χ2v) is 8.13. The lowest BCUT2D eigenvalue weighted by Crippen LogP contribution is -2.45. The van der Waals surface area contributed by atoms with Crippen molar-refractivity contribution in [1.29, 1.82) is 0 Å². The number of nitrogen functional groups attached to an aromatic ring is 1. The Morgan fingerprint density at radius 2 is 1.87 bits per heavy atom. The van der Waals surface area contributed by atoms with Gasteiger partial charge in [-0.05, 0) is 55.6 Å². The number of rotatable bonds is 8. The molecule has 1 aliphatic rings. The van der Waals surface area contributed by atoms with Gasteiger partial charge in [-0.3, -0.25) is 19.3 Å². The van der Waals surface area contributed by atoms with Crippen LogP contribution in [0.4, 0.5) is 11.4 Å². The number of nitrogens with two attached hydrogens (primary N) is 2. The van der Waals surface area contributed by atoms with E-state index < -0.39 is 11.8 Å². The minimum absolute atomic E-state index is 0.0631. The summed E-state index contributed by atoms with van der Waals surface area (Å²) in [6.45, 7) is 2.20. The molecule has 1 aliphatic carbocycles. The summed E-state index contributed by atoms with van der Waals surface area (Å²) in [5.41, 5.74) is 11.5. The number of nitrogens with one attached hydrogen (secondary N) is 1. The van der Waals surface area contributed by atoms with Gasteiger partial charge in [0.05, 0.1) is 12.3 Å². The molecule has 10 heteroatoms. The highest BCUT2D eigenvalue weighted by Crippen LogP contribution is 2.27. The van der Waals surface area contributed by atoms with Crippen molar-refractivity contribution in [2.24, 2.45) is 5.73 Å². The Morgan fingerprint density at radius 1 is 1.19 bits per heavy atom. The zero-order valence-corrected chi connectivity index (χ0v) is 18.2. The molecule has 1 aromatic carbocycles. The topological polar surface area (TPSA) is 141 Å². The third-order valence-corrected chi connectivity index (χ3v) is 5.98. The molecule has 2 aromatic rings. The van der Waals surface area contributed by atoms with Gasteiger partial charge in [-0.2, -0.15) is 4.37 Å². The van der Waals surface area contributed by atoms with Crippen molar-refractivity contribution in [3.05, 3.63) is 34.8 Å². The van der Waals surface area contributed by atoms with Gasteiger partial charge < -0.3 is 21.5 Å². The van der Waals surface area contributed by atoms with Gasteiger partial charge in [0.2, 0.25) is 5.91 Å². The highest BCUT2D eigenvalue weighted by atomic mass is 32.1. The highest BCUT2D eigenvalue weighted by Gasteiger charge is 2.28. The van der Waals surface area contributed by atoms with E-state index in [1.54, 1.807) is 24.3 Å². The number of ether oxygens (including phenoxy) is 1. The fourth-order valence-corrected chi connectivity index (χ4v) is 4.34. The molecular formula is C21H27N5O4S. The lowest BCUT2D eigenvalue weighted by molar-refractivity contribution is -0.120. The second kappa shape index (κ2) is 10.3. The summed E-state index contributed by atoms with van der Waals surface area (Å²) in [5.74, 6) is -0.938. The van der Waals surface area contributed by atoms with E-state index in [0.29, 0.717) is 18.0 Å². The number of hydrogen-bond acceptors (Lipinski definition) is 7. The molecule has 3 rings (SSSR count). The first-order valence-corrected chi connectivity index (χ1v) is 11.1. The van der Waals surface area contributed by atoms with E-state index in [-0.39, 0.29) is 34.8 Å². The monoisotopic (exact) mass is 445 g/mol. The summed E-state index contributed by atoms with van der Waals surface area (Å²) in [6, 6.07) is 6.96. The zero-order chi connectivity index (χ0) is 22.4. The van der Waals surface area contributed by atoms with E-state index in [9.17, 15) is 14.4 Å². The van der Waals surface area contributed by atoms with Gasteiger partial charge >= 0.3 is 0 Å². The number of anilines is 2. The molecule has 1 heterocycles. The molecule has 3 amide bonds. The number of carbonyl (C=O) groups is 3. The standard InChI is InChI=1S/C21H27N5O4S/c1-2-30-15-10-8-14(9-11-15)26(12-16(27)24-13-6-4-3-5-7-13)21(29)19-17(22)18(20(23)28)25-31-19/h8-11,13H,2-7,12,22H2,1H3,(H2,23,28)(H,24,27). The summed E-state index contributed by atoms with van der Waals surface area (Å²) in [7, 11) is 0. The van der Waals surface area contributed by atoms with Crippen molar-refractivity contribution in [2.45, 2.75) is 45.1 Å². The van der Waals surface area contributed by atoms with Crippen LogP contribution in [0.2, 0.25) is 0 Å². The van der Waals surface area contributed by atoms with Gasteiger partial charge in [-0.15, -0.1) is 0 Å². The van der Waals surface area contributed by atoms with Crippen molar-refractivity contribution in [3.63, 3.8) is 0 Å². The number of amides is 3. The summed E-state index contributed by atoms with van der Waals surface area (Å²) < 4.78 is 9.35. The van der Waals surface area contributed by atoms with Crippen molar-refractivity contribution in [1.82, 2.24) is 9.69 Å². The number of aromatic nitrogens is 1. The van der Waals surface area contributed by atoms with Crippen molar-refractivity contribution >= 4 is 40.6 Å². The first-order chi connectivity index (χ1) is 14.9. The summed E-state index contributed by atoms with van der Waals surface area (Å²) in [5, 5.41) is 3.02. The zero-order valence-electron chi connectivity index (χ0n) is 17.4. The lowest BCUT2D eigenvalue weighted by atomic mass is 9.95. The Morgan fingerprint density at radius 3 is 2.45 bits per heavy atom. The fourth-order valence-electron chi connectivity index (χ4n) is 3.58. The van der Waals surface area contributed by atoms with Crippen LogP contribution in [0, 0.1) is 0 Å². The summed E-state index contributed by atoms with van der Waals surface area (Å²) >= 11 is 0.786. The van der Waals surface area contributed by atoms with Crippen molar-refractivity contribution in [2.75, 3.05) is 23.8 Å². The predicted octanol–water partition coefficient (Wildman–Crippen LogP) is 2.32. The molecule has 5 N–H and O–H groups in total. The largest absolute Gasteiger partial charge is 0.494 e. The molecule has 0 radical (unpaired) electrons. The van der Waals surface area contributed by atoms with E-state index in [1.165, 1.54) is 11.3 Å². The molecule has 166 valence electrons. The Hall–Kier alpha value is -3.14.